The summed E-state index contributed by atoms with van der Waals surface area (Å²) in [7, 11) is 0. The Balaban J connectivity index is 1.50. The number of carbonyl (C=O) groups is 2. The van der Waals surface area contributed by atoms with E-state index in [-0.39, 0.29) is 19.1 Å². The molecule has 0 bridgehead atoms. The Morgan fingerprint density at radius 1 is 1.11 bits per heavy atom. The van der Waals surface area contributed by atoms with Crippen molar-refractivity contribution in [2.75, 3.05) is 13.2 Å². The van der Waals surface area contributed by atoms with Crippen molar-refractivity contribution in [2.45, 2.75) is 38.8 Å². The molecule has 0 aliphatic carbocycles. The molecule has 1 aliphatic heterocycles. The van der Waals surface area contributed by atoms with Crippen LogP contribution >= 0.6 is 0 Å². The smallest absolute Gasteiger partial charge is 0.324 e. The van der Waals surface area contributed by atoms with Gasteiger partial charge in [0.2, 0.25) is 0 Å². The molecule has 0 spiro atoms. The summed E-state index contributed by atoms with van der Waals surface area (Å²) in [6.45, 7) is 3.87. The molecule has 0 radical (unpaired) electrons. The summed E-state index contributed by atoms with van der Waals surface area (Å²) >= 11 is 0. The van der Waals surface area contributed by atoms with Gasteiger partial charge in [-0.15, -0.1) is 0 Å². The number of aryl methyl sites for hydroxylation is 3. The van der Waals surface area contributed by atoms with Crippen molar-refractivity contribution in [1.29, 1.82) is 0 Å². The van der Waals surface area contributed by atoms with Crippen LogP contribution in [0.5, 0.6) is 5.75 Å². The van der Waals surface area contributed by atoms with E-state index in [0.717, 1.165) is 21.6 Å². The van der Waals surface area contributed by atoms with E-state index >= 15 is 0 Å². The van der Waals surface area contributed by atoms with Crippen molar-refractivity contribution in [3.05, 3.63) is 65.2 Å². The molecule has 2 atom stereocenters. The Bertz CT molecular complexity index is 817. The van der Waals surface area contributed by atoms with Gasteiger partial charge in [0.15, 0.2) is 0 Å². The first-order chi connectivity index (χ1) is 13.4. The number of hydrogen-bond donors (Lipinski definition) is 2. The third-order valence-corrected chi connectivity index (χ3v) is 4.70. The highest BCUT2D eigenvalue weighted by Crippen LogP contribution is 2.17. The molecule has 0 aromatic heterocycles. The molecule has 1 fully saturated rings. The van der Waals surface area contributed by atoms with Crippen molar-refractivity contribution in [1.82, 2.24) is 10.2 Å². The van der Waals surface area contributed by atoms with E-state index in [9.17, 15) is 14.7 Å². The number of benzene rings is 2. The predicted molar refractivity (Wildman–Crippen MR) is 106 cm³/mol. The van der Waals surface area contributed by atoms with E-state index < -0.39 is 18.2 Å². The van der Waals surface area contributed by atoms with Crippen LogP contribution in [0.25, 0.3) is 0 Å². The van der Waals surface area contributed by atoms with Crippen LogP contribution in [-0.4, -0.2) is 47.2 Å². The number of amides is 3. The van der Waals surface area contributed by atoms with Gasteiger partial charge in [-0.3, -0.25) is 9.69 Å². The summed E-state index contributed by atoms with van der Waals surface area (Å²) in [5.74, 6) is 0.362. The van der Waals surface area contributed by atoms with E-state index in [2.05, 4.69) is 5.32 Å². The third kappa shape index (κ3) is 5.10. The summed E-state index contributed by atoms with van der Waals surface area (Å²) in [4.78, 5) is 25.7. The fourth-order valence-corrected chi connectivity index (χ4v) is 3.37. The van der Waals surface area contributed by atoms with Gasteiger partial charge in [0.25, 0.3) is 5.91 Å². The van der Waals surface area contributed by atoms with Crippen molar-refractivity contribution in [3.8, 4) is 5.75 Å². The fraction of sp³-hybridized carbons (Fsp3) is 0.364. The van der Waals surface area contributed by atoms with Gasteiger partial charge in [-0.2, -0.15) is 0 Å². The molecule has 0 saturated carbocycles. The summed E-state index contributed by atoms with van der Waals surface area (Å²) < 4.78 is 5.62. The van der Waals surface area contributed by atoms with Crippen molar-refractivity contribution < 1.29 is 19.4 Å². The Kier molecular flexibility index (Phi) is 6.31. The van der Waals surface area contributed by atoms with Gasteiger partial charge in [-0.25, -0.2) is 4.79 Å². The van der Waals surface area contributed by atoms with Gasteiger partial charge in [-0.05, 0) is 55.5 Å². The number of ether oxygens (including phenoxy) is 1. The fourth-order valence-electron chi connectivity index (χ4n) is 3.37. The first kappa shape index (κ1) is 19.9. The molecule has 2 unspecified atom stereocenters. The zero-order valence-electron chi connectivity index (χ0n) is 16.2. The summed E-state index contributed by atoms with van der Waals surface area (Å²) in [5.41, 5.74) is 3.25. The number of nitrogens with one attached hydrogen (secondary N) is 1. The second-order valence-corrected chi connectivity index (χ2v) is 7.26. The maximum Gasteiger partial charge on any atom is 0.324 e. The lowest BCUT2D eigenvalue weighted by Gasteiger charge is -2.18. The van der Waals surface area contributed by atoms with Crippen LogP contribution in [0.2, 0.25) is 0 Å². The summed E-state index contributed by atoms with van der Waals surface area (Å²) in [5, 5.41) is 12.9. The van der Waals surface area contributed by atoms with Gasteiger partial charge in [-0.1, -0.05) is 36.4 Å². The summed E-state index contributed by atoms with van der Waals surface area (Å²) in [6.07, 6.45) is 0.271. The Labute approximate surface area is 165 Å². The minimum Gasteiger partial charge on any atom is -0.491 e. The first-order valence-electron chi connectivity index (χ1n) is 9.47. The average molecular weight is 382 g/mol. The molecule has 2 aromatic carbocycles. The van der Waals surface area contributed by atoms with E-state index in [1.54, 1.807) is 0 Å². The van der Waals surface area contributed by atoms with Gasteiger partial charge >= 0.3 is 6.03 Å². The topological polar surface area (TPSA) is 78.9 Å². The van der Waals surface area contributed by atoms with Crippen LogP contribution in [-0.2, 0) is 11.2 Å². The molecular weight excluding hydrogens is 356 g/mol. The van der Waals surface area contributed by atoms with Crippen molar-refractivity contribution >= 4 is 11.9 Å². The van der Waals surface area contributed by atoms with Crippen LogP contribution in [0.1, 0.15) is 23.1 Å². The molecule has 6 heteroatoms. The summed E-state index contributed by atoms with van der Waals surface area (Å²) in [6, 6.07) is 14.6. The normalized spacial score (nSPS) is 17.5. The number of aliphatic hydroxyl groups excluding tert-OH is 1. The monoisotopic (exact) mass is 382 g/mol. The highest BCUT2D eigenvalue weighted by atomic mass is 16.5. The first-order valence-corrected chi connectivity index (χ1v) is 9.47. The quantitative estimate of drug-likeness (QED) is 0.688. The van der Waals surface area contributed by atoms with Crippen LogP contribution in [0, 0.1) is 13.8 Å². The third-order valence-electron chi connectivity index (χ3n) is 4.70. The van der Waals surface area contributed by atoms with E-state index in [0.29, 0.717) is 18.6 Å². The zero-order chi connectivity index (χ0) is 20.1. The molecule has 1 heterocycles. The molecule has 148 valence electrons. The average Bonchev–Trinajstić information content (AvgIpc) is 2.92. The number of β-amino-alcohol motifs (C(OH)–C–C–N with tert-alkyl or cyclic N) is 1. The molecular formula is C22H26N2O4. The number of hydrogen-bond acceptors (Lipinski definition) is 4. The van der Waals surface area contributed by atoms with Crippen molar-refractivity contribution in [2.24, 2.45) is 0 Å². The zero-order valence-corrected chi connectivity index (χ0v) is 16.2. The number of aliphatic hydroxyl groups is 1. The van der Waals surface area contributed by atoms with E-state index in [1.165, 1.54) is 0 Å². The lowest BCUT2D eigenvalue weighted by Crippen LogP contribution is -2.40. The molecule has 2 N–H and O–H groups in total. The van der Waals surface area contributed by atoms with Crippen molar-refractivity contribution in [3.63, 3.8) is 0 Å². The van der Waals surface area contributed by atoms with Gasteiger partial charge in [0.1, 0.15) is 24.5 Å². The number of urea groups is 1. The van der Waals surface area contributed by atoms with E-state index in [1.807, 2.05) is 62.4 Å². The number of carbonyl (C=O) groups excluding carboxylic acids is 2. The molecule has 2 aromatic rings. The maximum absolute atomic E-state index is 12.5. The Morgan fingerprint density at radius 3 is 2.46 bits per heavy atom. The molecule has 1 saturated heterocycles. The van der Waals surface area contributed by atoms with Gasteiger partial charge in [0.05, 0.1) is 6.54 Å². The lowest BCUT2D eigenvalue weighted by molar-refractivity contribution is -0.128. The van der Waals surface area contributed by atoms with Crippen LogP contribution in [0.15, 0.2) is 48.5 Å². The Hall–Kier alpha value is -2.86. The van der Waals surface area contributed by atoms with Crippen LogP contribution in [0.3, 0.4) is 0 Å². The molecule has 1 aliphatic rings. The maximum atomic E-state index is 12.5. The number of imide groups is 1. The number of nitrogens with zero attached hydrogens (tertiary/aromatic N) is 1. The van der Waals surface area contributed by atoms with Gasteiger partial charge in [0, 0.05) is 0 Å². The number of rotatable bonds is 8. The second kappa shape index (κ2) is 8.89. The predicted octanol–water partition coefficient (Wildman–Crippen LogP) is 2.60. The van der Waals surface area contributed by atoms with Crippen LogP contribution in [0.4, 0.5) is 4.79 Å². The molecule has 28 heavy (non-hydrogen) atoms. The Morgan fingerprint density at radius 2 is 1.79 bits per heavy atom. The molecule has 6 nitrogen and oxygen atoms in total. The highest BCUT2D eigenvalue weighted by Gasteiger charge is 2.38. The highest BCUT2D eigenvalue weighted by molar-refractivity contribution is 6.04. The SMILES string of the molecule is Cc1cc(C)cc(OCC(O)CN2C(=O)NC(CCc3ccccc3)C2=O)c1. The van der Waals surface area contributed by atoms with E-state index in [4.69, 9.17) is 4.74 Å². The largest absolute Gasteiger partial charge is 0.491 e. The molecule has 3 amide bonds. The van der Waals surface area contributed by atoms with Gasteiger partial charge < -0.3 is 15.2 Å². The minimum atomic E-state index is -0.955. The standard InChI is InChI=1S/C22H26N2O4/c1-15-10-16(2)12-19(11-15)28-14-18(25)13-24-21(26)20(23-22(24)27)9-8-17-6-4-3-5-7-17/h3-7,10-12,18,20,25H,8-9,13-14H2,1-2H3,(H,23,27). The minimum absolute atomic E-state index is 0.00857. The second-order valence-electron chi connectivity index (χ2n) is 7.26. The lowest BCUT2D eigenvalue weighted by atomic mass is 10.1. The molecule has 3 rings (SSSR count). The van der Waals surface area contributed by atoms with Crippen LogP contribution < -0.4 is 10.1 Å².